The van der Waals surface area contributed by atoms with E-state index in [1.165, 1.54) is 33.4 Å². The Morgan fingerprint density at radius 3 is 2.36 bits per heavy atom. The number of fused-ring (bicyclic) bond motifs is 3. The fraction of sp³-hybridized carbons (Fsp3) is 0.217. The number of ether oxygens (including phenoxy) is 2. The highest BCUT2D eigenvalue weighted by atomic mass is 16.5. The van der Waals surface area contributed by atoms with Crippen LogP contribution in [-0.2, 0) is 11.2 Å². The lowest BCUT2D eigenvalue weighted by Crippen LogP contribution is -2.06. The highest BCUT2D eigenvalue weighted by Crippen LogP contribution is 2.41. The van der Waals surface area contributed by atoms with Crippen LogP contribution in [0.3, 0.4) is 0 Å². The van der Waals surface area contributed by atoms with Crippen LogP contribution in [0.5, 0.6) is 5.75 Å². The molecule has 0 unspecified atom stereocenters. The first-order valence-corrected chi connectivity index (χ1v) is 8.88. The molecule has 0 aliphatic heterocycles. The molecule has 25 heavy (non-hydrogen) atoms. The van der Waals surface area contributed by atoms with Crippen molar-refractivity contribution in [2.75, 3.05) is 19.8 Å². The molecule has 3 aromatic rings. The van der Waals surface area contributed by atoms with Gasteiger partial charge in [-0.2, -0.15) is 0 Å². The van der Waals surface area contributed by atoms with Crippen molar-refractivity contribution < 1.29 is 9.47 Å². The molecule has 0 aromatic heterocycles. The highest BCUT2D eigenvalue weighted by molar-refractivity contribution is 5.84. The van der Waals surface area contributed by atoms with Gasteiger partial charge in [0.05, 0.1) is 6.61 Å². The average molecular weight is 330 g/mol. The van der Waals surface area contributed by atoms with Crippen LogP contribution in [0.1, 0.15) is 18.1 Å². The molecule has 0 fully saturated rings. The second-order valence-electron chi connectivity index (χ2n) is 6.24. The third kappa shape index (κ3) is 3.18. The van der Waals surface area contributed by atoms with Crippen molar-refractivity contribution in [3.8, 4) is 28.0 Å². The van der Waals surface area contributed by atoms with E-state index < -0.39 is 0 Å². The summed E-state index contributed by atoms with van der Waals surface area (Å²) in [5, 5.41) is 0. The predicted molar refractivity (Wildman–Crippen MR) is 102 cm³/mol. The lowest BCUT2D eigenvalue weighted by atomic mass is 9.96. The van der Waals surface area contributed by atoms with Crippen LogP contribution >= 0.6 is 0 Å². The van der Waals surface area contributed by atoms with Crippen LogP contribution in [0, 0.1) is 0 Å². The summed E-state index contributed by atoms with van der Waals surface area (Å²) in [7, 11) is 0. The molecule has 0 N–H and O–H groups in total. The Kier molecular flexibility index (Phi) is 4.53. The van der Waals surface area contributed by atoms with Crippen molar-refractivity contribution >= 4 is 0 Å². The van der Waals surface area contributed by atoms with E-state index >= 15 is 0 Å². The summed E-state index contributed by atoms with van der Waals surface area (Å²) in [5.41, 5.74) is 8.13. The minimum Gasteiger partial charge on any atom is -0.491 e. The summed E-state index contributed by atoms with van der Waals surface area (Å²) in [4.78, 5) is 0. The minimum absolute atomic E-state index is 0.587. The molecule has 126 valence electrons. The normalized spacial score (nSPS) is 11.9. The summed E-state index contributed by atoms with van der Waals surface area (Å²) < 4.78 is 11.0. The fourth-order valence-electron chi connectivity index (χ4n) is 3.52. The molecule has 1 aliphatic carbocycles. The maximum Gasteiger partial charge on any atom is 0.119 e. The van der Waals surface area contributed by atoms with Crippen LogP contribution in [0.2, 0.25) is 0 Å². The van der Waals surface area contributed by atoms with Gasteiger partial charge in [-0.15, -0.1) is 0 Å². The predicted octanol–water partition coefficient (Wildman–Crippen LogP) is 5.34. The maximum atomic E-state index is 5.72. The van der Waals surface area contributed by atoms with Gasteiger partial charge in [-0.1, -0.05) is 54.6 Å². The van der Waals surface area contributed by atoms with Crippen molar-refractivity contribution in [1.82, 2.24) is 0 Å². The summed E-state index contributed by atoms with van der Waals surface area (Å²) in [6.07, 6.45) is 1.01. The third-order valence-corrected chi connectivity index (χ3v) is 4.72. The van der Waals surface area contributed by atoms with Gasteiger partial charge in [0.1, 0.15) is 12.4 Å². The van der Waals surface area contributed by atoms with Crippen LogP contribution < -0.4 is 4.74 Å². The van der Waals surface area contributed by atoms with E-state index in [9.17, 15) is 0 Å². The van der Waals surface area contributed by atoms with E-state index in [4.69, 9.17) is 9.47 Å². The summed E-state index contributed by atoms with van der Waals surface area (Å²) >= 11 is 0. The standard InChI is InChI=1S/C23H22O2/c1-2-24-14-15-25-19-12-10-17(11-13-19)20-8-5-9-22-21-7-4-3-6-18(21)16-23(20)22/h3-13H,2,14-16H2,1H3. The molecule has 0 radical (unpaired) electrons. The van der Waals surface area contributed by atoms with Gasteiger partial charge in [-0.3, -0.25) is 0 Å². The van der Waals surface area contributed by atoms with E-state index in [1.54, 1.807) is 0 Å². The monoisotopic (exact) mass is 330 g/mol. The molecule has 0 saturated heterocycles. The van der Waals surface area contributed by atoms with Gasteiger partial charge in [0.25, 0.3) is 0 Å². The van der Waals surface area contributed by atoms with Crippen LogP contribution in [-0.4, -0.2) is 19.8 Å². The van der Waals surface area contributed by atoms with Gasteiger partial charge in [0, 0.05) is 6.61 Å². The Morgan fingerprint density at radius 2 is 1.52 bits per heavy atom. The lowest BCUT2D eigenvalue weighted by molar-refractivity contribution is 0.110. The second kappa shape index (κ2) is 7.12. The quantitative estimate of drug-likeness (QED) is 0.444. The van der Waals surface area contributed by atoms with E-state index in [1.807, 2.05) is 19.1 Å². The Hall–Kier alpha value is -2.58. The molecular formula is C23H22O2. The molecule has 0 heterocycles. The van der Waals surface area contributed by atoms with Crippen LogP contribution in [0.4, 0.5) is 0 Å². The van der Waals surface area contributed by atoms with Crippen molar-refractivity contribution in [2.45, 2.75) is 13.3 Å². The fourth-order valence-corrected chi connectivity index (χ4v) is 3.52. The zero-order valence-corrected chi connectivity index (χ0v) is 14.5. The van der Waals surface area contributed by atoms with Gasteiger partial charge >= 0.3 is 0 Å². The van der Waals surface area contributed by atoms with Gasteiger partial charge in [-0.05, 0) is 58.9 Å². The first-order chi connectivity index (χ1) is 12.4. The number of hydrogen-bond donors (Lipinski definition) is 0. The molecule has 0 spiro atoms. The topological polar surface area (TPSA) is 18.5 Å². The average Bonchev–Trinajstić information content (AvgIpc) is 3.05. The number of rotatable bonds is 6. The lowest BCUT2D eigenvalue weighted by Gasteiger charge is -2.11. The summed E-state index contributed by atoms with van der Waals surface area (Å²) in [6.45, 7) is 3.93. The van der Waals surface area contributed by atoms with E-state index in [2.05, 4.69) is 54.6 Å². The van der Waals surface area contributed by atoms with Crippen molar-refractivity contribution in [3.05, 3.63) is 77.9 Å². The van der Waals surface area contributed by atoms with Gasteiger partial charge < -0.3 is 9.47 Å². The number of hydrogen-bond acceptors (Lipinski definition) is 2. The Bertz CT molecular complexity index is 866. The molecule has 0 saturated carbocycles. The van der Waals surface area contributed by atoms with Gasteiger partial charge in [0.15, 0.2) is 0 Å². The number of benzene rings is 3. The molecule has 0 atom stereocenters. The second-order valence-corrected chi connectivity index (χ2v) is 6.24. The smallest absolute Gasteiger partial charge is 0.119 e. The van der Waals surface area contributed by atoms with E-state index in [0.717, 1.165) is 18.8 Å². The van der Waals surface area contributed by atoms with Crippen LogP contribution in [0.25, 0.3) is 22.3 Å². The first-order valence-electron chi connectivity index (χ1n) is 8.88. The molecular weight excluding hydrogens is 308 g/mol. The Balaban J connectivity index is 1.57. The molecule has 2 heteroatoms. The summed E-state index contributed by atoms with van der Waals surface area (Å²) in [6, 6.07) is 23.7. The molecule has 4 rings (SSSR count). The van der Waals surface area contributed by atoms with Crippen molar-refractivity contribution in [2.24, 2.45) is 0 Å². The molecule has 0 bridgehead atoms. The van der Waals surface area contributed by atoms with Crippen LogP contribution in [0.15, 0.2) is 66.7 Å². The third-order valence-electron chi connectivity index (χ3n) is 4.72. The Labute approximate surface area is 149 Å². The maximum absolute atomic E-state index is 5.72. The van der Waals surface area contributed by atoms with Crippen molar-refractivity contribution in [1.29, 1.82) is 0 Å². The van der Waals surface area contributed by atoms with E-state index in [0.29, 0.717) is 13.2 Å². The molecule has 3 aromatic carbocycles. The van der Waals surface area contributed by atoms with Crippen molar-refractivity contribution in [3.63, 3.8) is 0 Å². The molecule has 2 nitrogen and oxygen atoms in total. The molecule has 0 amide bonds. The SMILES string of the molecule is CCOCCOc1ccc(-c2cccc3c2Cc2ccccc2-3)cc1. The zero-order valence-electron chi connectivity index (χ0n) is 14.5. The summed E-state index contributed by atoms with van der Waals surface area (Å²) in [5.74, 6) is 0.888. The largest absolute Gasteiger partial charge is 0.491 e. The molecule has 1 aliphatic rings. The van der Waals surface area contributed by atoms with Gasteiger partial charge in [-0.25, -0.2) is 0 Å². The highest BCUT2D eigenvalue weighted by Gasteiger charge is 2.20. The first kappa shape index (κ1) is 15.9. The Morgan fingerprint density at radius 1 is 0.760 bits per heavy atom. The van der Waals surface area contributed by atoms with Gasteiger partial charge in [0.2, 0.25) is 0 Å². The van der Waals surface area contributed by atoms with E-state index in [-0.39, 0.29) is 0 Å². The zero-order chi connectivity index (χ0) is 17.1. The minimum atomic E-state index is 0.587.